The van der Waals surface area contributed by atoms with Gasteiger partial charge in [0.25, 0.3) is 20.2 Å². The lowest BCUT2D eigenvalue weighted by atomic mass is 10.2. The fraction of sp³-hybridized carbons (Fsp3) is 0.182. The van der Waals surface area contributed by atoms with E-state index >= 15 is 0 Å². The summed E-state index contributed by atoms with van der Waals surface area (Å²) in [6.07, 6.45) is 0.473. The summed E-state index contributed by atoms with van der Waals surface area (Å²) in [5.41, 5.74) is 1.07. The predicted molar refractivity (Wildman–Crippen MR) is 128 cm³/mol. The first-order valence-corrected chi connectivity index (χ1v) is 13.8. The molecule has 1 unspecified atom stereocenters. The molecular weight excluding hydrogens is 500 g/mol. The molecule has 0 bridgehead atoms. The number of aromatic nitrogens is 1. The van der Waals surface area contributed by atoms with E-state index < -0.39 is 30.0 Å². The normalized spacial score (nSPS) is 13.9. The minimum atomic E-state index is -4.75. The number of ether oxygens (including phenoxy) is 1. The molecule has 0 aromatic heterocycles. The second-order valence-electron chi connectivity index (χ2n) is 7.50. The van der Waals surface area contributed by atoms with Crippen LogP contribution in [0.25, 0.3) is 20.8 Å². The first-order valence-electron chi connectivity index (χ1n) is 10.1. The van der Waals surface area contributed by atoms with E-state index in [0.29, 0.717) is 17.9 Å². The third-order valence-electron chi connectivity index (χ3n) is 5.02. The highest BCUT2D eigenvalue weighted by molar-refractivity contribution is 7.86. The highest BCUT2D eigenvalue weighted by atomic mass is 32.2. The Labute approximate surface area is 200 Å². The molecule has 0 spiro atoms. The molecule has 0 amide bonds. The number of nitrogens with zero attached hydrogens (tertiary/aromatic N) is 2. The van der Waals surface area contributed by atoms with Crippen LogP contribution in [0.15, 0.2) is 69.4 Å². The standard InChI is InChI=1S/C22H20N2O7S3/c1-3-13(2)31-19-11-17-21(32-20-7-5-4-6-15(20)23-17)12-16(19)24-18-10-14(33(25,26)27)8-9-22(18)34(28,29)30/h4-13H,3H2,1-2H3,(H,25,26,27)(H,28,29,30). The van der Waals surface area contributed by atoms with Gasteiger partial charge in [0.05, 0.1) is 37.5 Å². The molecule has 2 aliphatic rings. The van der Waals surface area contributed by atoms with Gasteiger partial charge in [-0.15, -0.1) is 11.3 Å². The summed E-state index contributed by atoms with van der Waals surface area (Å²) in [7, 11) is -9.40. The Bertz CT molecular complexity index is 1640. The van der Waals surface area contributed by atoms with Gasteiger partial charge >= 0.3 is 0 Å². The molecule has 1 heterocycles. The SMILES string of the molecule is CCC(C)Oc1cc2nc3ccccc3sc-2cc1=Nc1cc(S(=O)(=O)O)ccc1S(=O)(=O)O. The average molecular weight is 521 g/mol. The van der Waals surface area contributed by atoms with Crippen LogP contribution in [0.3, 0.4) is 0 Å². The van der Waals surface area contributed by atoms with E-state index in [4.69, 9.17) is 4.74 Å². The maximum Gasteiger partial charge on any atom is 0.296 e. The van der Waals surface area contributed by atoms with Crippen molar-refractivity contribution in [3.05, 3.63) is 60.0 Å². The van der Waals surface area contributed by atoms with Crippen LogP contribution in [0, 0.1) is 0 Å². The van der Waals surface area contributed by atoms with Gasteiger partial charge in [0.15, 0.2) is 0 Å². The largest absolute Gasteiger partial charge is 0.488 e. The van der Waals surface area contributed by atoms with Crippen LogP contribution in [0.5, 0.6) is 5.75 Å². The van der Waals surface area contributed by atoms with Crippen LogP contribution in [0.4, 0.5) is 5.69 Å². The molecule has 12 heteroatoms. The molecule has 1 aliphatic carbocycles. The third kappa shape index (κ3) is 5.10. The molecule has 2 aromatic carbocycles. The number of fused-ring (bicyclic) bond motifs is 2. The van der Waals surface area contributed by atoms with Crippen molar-refractivity contribution in [3.63, 3.8) is 0 Å². The summed E-state index contributed by atoms with van der Waals surface area (Å²) in [5, 5.41) is 0.207. The topological polar surface area (TPSA) is 143 Å². The van der Waals surface area contributed by atoms with Crippen molar-refractivity contribution in [2.75, 3.05) is 0 Å². The Morgan fingerprint density at radius 3 is 2.44 bits per heavy atom. The van der Waals surface area contributed by atoms with Crippen LogP contribution >= 0.6 is 11.3 Å². The van der Waals surface area contributed by atoms with Crippen molar-refractivity contribution in [1.82, 2.24) is 4.98 Å². The van der Waals surface area contributed by atoms with Gasteiger partial charge in [0.1, 0.15) is 16.0 Å². The van der Waals surface area contributed by atoms with Crippen LogP contribution in [-0.2, 0) is 20.2 Å². The van der Waals surface area contributed by atoms with Gasteiger partial charge in [0.2, 0.25) is 0 Å². The number of rotatable bonds is 6. The molecule has 1 atom stereocenters. The van der Waals surface area contributed by atoms with Crippen LogP contribution < -0.4 is 10.1 Å². The van der Waals surface area contributed by atoms with Crippen molar-refractivity contribution in [2.24, 2.45) is 4.99 Å². The Morgan fingerprint density at radius 1 is 1.03 bits per heavy atom. The van der Waals surface area contributed by atoms with Crippen molar-refractivity contribution in [2.45, 2.75) is 36.2 Å². The number of hydrogen-bond donors (Lipinski definition) is 2. The Morgan fingerprint density at radius 2 is 1.76 bits per heavy atom. The number of para-hydroxylation sites is 1. The Kier molecular flexibility index (Phi) is 6.44. The summed E-state index contributed by atoms with van der Waals surface area (Å²) < 4.78 is 73.0. The minimum absolute atomic E-state index is 0.207. The average Bonchev–Trinajstić information content (AvgIpc) is 2.76. The zero-order valence-electron chi connectivity index (χ0n) is 18.0. The predicted octanol–water partition coefficient (Wildman–Crippen LogP) is 4.30. The van der Waals surface area contributed by atoms with E-state index in [-0.39, 0.29) is 17.1 Å². The van der Waals surface area contributed by atoms with Gasteiger partial charge in [-0.1, -0.05) is 19.1 Å². The molecule has 34 heavy (non-hydrogen) atoms. The van der Waals surface area contributed by atoms with E-state index in [1.807, 2.05) is 38.1 Å². The van der Waals surface area contributed by atoms with Crippen molar-refractivity contribution in [3.8, 4) is 16.3 Å². The van der Waals surface area contributed by atoms with Gasteiger partial charge < -0.3 is 4.74 Å². The lowest BCUT2D eigenvalue weighted by Gasteiger charge is -2.15. The van der Waals surface area contributed by atoms with Crippen molar-refractivity contribution >= 4 is 47.5 Å². The highest BCUT2D eigenvalue weighted by Gasteiger charge is 2.20. The molecule has 1 aliphatic heterocycles. The van der Waals surface area contributed by atoms with E-state index in [2.05, 4.69) is 9.98 Å². The first kappa shape index (κ1) is 24.2. The molecule has 178 valence electrons. The van der Waals surface area contributed by atoms with Crippen LogP contribution in [0.1, 0.15) is 20.3 Å². The lowest BCUT2D eigenvalue weighted by Crippen LogP contribution is -2.17. The summed E-state index contributed by atoms with van der Waals surface area (Å²) >= 11 is 1.44. The first-order chi connectivity index (χ1) is 16.0. The van der Waals surface area contributed by atoms with Gasteiger partial charge in [0, 0.05) is 6.07 Å². The summed E-state index contributed by atoms with van der Waals surface area (Å²) in [4.78, 5) is 8.55. The second-order valence-corrected chi connectivity index (χ2v) is 11.4. The maximum absolute atomic E-state index is 11.9. The smallest absolute Gasteiger partial charge is 0.296 e. The summed E-state index contributed by atoms with van der Waals surface area (Å²) in [5.74, 6) is 0.301. The molecule has 2 N–H and O–H groups in total. The van der Waals surface area contributed by atoms with Crippen molar-refractivity contribution < 1.29 is 30.7 Å². The summed E-state index contributed by atoms with van der Waals surface area (Å²) in [6, 6.07) is 13.5. The Balaban J connectivity index is 2.06. The summed E-state index contributed by atoms with van der Waals surface area (Å²) in [6.45, 7) is 3.79. The Hall–Kier alpha value is -2.90. The zero-order chi connectivity index (χ0) is 24.7. The maximum atomic E-state index is 11.9. The molecule has 4 rings (SSSR count). The number of benzene rings is 3. The molecule has 0 radical (unpaired) electrons. The van der Waals surface area contributed by atoms with Gasteiger partial charge in [-0.3, -0.25) is 9.11 Å². The molecule has 2 aromatic rings. The van der Waals surface area contributed by atoms with Crippen LogP contribution in [-0.4, -0.2) is 37.0 Å². The monoisotopic (exact) mass is 520 g/mol. The van der Waals surface area contributed by atoms with E-state index in [1.165, 1.54) is 11.3 Å². The van der Waals surface area contributed by atoms with Gasteiger partial charge in [-0.2, -0.15) is 16.8 Å². The third-order valence-corrected chi connectivity index (χ3v) is 7.88. The molecular formula is C22H20N2O7S3. The number of hydrogen-bond acceptors (Lipinski definition) is 8. The fourth-order valence-electron chi connectivity index (χ4n) is 3.17. The lowest BCUT2D eigenvalue weighted by molar-refractivity contribution is 0.215. The van der Waals surface area contributed by atoms with Crippen LogP contribution in [0.2, 0.25) is 0 Å². The van der Waals surface area contributed by atoms with E-state index in [9.17, 15) is 25.9 Å². The molecule has 0 saturated carbocycles. The molecule has 0 saturated heterocycles. The second kappa shape index (κ2) is 9.04. The van der Waals surface area contributed by atoms with E-state index in [0.717, 1.165) is 33.3 Å². The van der Waals surface area contributed by atoms with Gasteiger partial charge in [-0.05, 0) is 49.7 Å². The highest BCUT2D eigenvalue weighted by Crippen LogP contribution is 2.33. The molecule has 9 nitrogen and oxygen atoms in total. The fourth-order valence-corrected chi connectivity index (χ4v) is 5.26. The van der Waals surface area contributed by atoms with E-state index in [1.54, 1.807) is 12.1 Å². The zero-order valence-corrected chi connectivity index (χ0v) is 20.5. The quantitative estimate of drug-likeness (QED) is 0.283. The molecule has 0 fully saturated rings. The minimum Gasteiger partial charge on any atom is -0.488 e. The van der Waals surface area contributed by atoms with Crippen molar-refractivity contribution in [1.29, 1.82) is 0 Å². The van der Waals surface area contributed by atoms with Gasteiger partial charge in [-0.25, -0.2) is 9.98 Å².